The summed E-state index contributed by atoms with van der Waals surface area (Å²) in [7, 11) is 0. The van der Waals surface area contributed by atoms with Gasteiger partial charge in [0.2, 0.25) is 0 Å². The van der Waals surface area contributed by atoms with E-state index in [1.165, 1.54) is 38.9 Å². The van der Waals surface area contributed by atoms with E-state index >= 15 is 0 Å². The Labute approximate surface area is 171 Å². The van der Waals surface area contributed by atoms with Crippen molar-refractivity contribution in [2.24, 2.45) is 10.9 Å². The molecule has 0 unspecified atom stereocenters. The van der Waals surface area contributed by atoms with Crippen LogP contribution in [-0.2, 0) is 0 Å². The first-order valence-corrected chi connectivity index (χ1v) is 11.3. The van der Waals surface area contributed by atoms with E-state index in [0.717, 1.165) is 56.6 Å². The van der Waals surface area contributed by atoms with Crippen molar-refractivity contribution < 1.29 is 4.74 Å². The first-order valence-electron chi connectivity index (χ1n) is 11.3. The standard InChI is InChI=1S/C23H38N4O/c1-3-14-26-15-10-20(11-16-26)19-25-23(24-4-2)27-17-12-22(13-18-27)28-21-8-6-5-7-9-21/h5-9,20,22H,3-4,10-19H2,1-2H3,(H,24,25). The molecule has 1 aromatic rings. The Kier molecular flexibility index (Phi) is 8.46. The van der Waals surface area contributed by atoms with E-state index in [4.69, 9.17) is 9.73 Å². The molecule has 2 aliphatic heterocycles. The van der Waals surface area contributed by atoms with Gasteiger partial charge in [-0.05, 0) is 63.9 Å². The highest BCUT2D eigenvalue weighted by molar-refractivity contribution is 5.80. The van der Waals surface area contributed by atoms with Crippen molar-refractivity contribution in [3.63, 3.8) is 0 Å². The fourth-order valence-electron chi connectivity index (χ4n) is 4.23. The van der Waals surface area contributed by atoms with E-state index < -0.39 is 0 Å². The molecule has 5 heteroatoms. The number of piperidine rings is 2. The summed E-state index contributed by atoms with van der Waals surface area (Å²) in [5.74, 6) is 2.81. The maximum absolute atomic E-state index is 6.14. The topological polar surface area (TPSA) is 40.1 Å². The fraction of sp³-hybridized carbons (Fsp3) is 0.696. The van der Waals surface area contributed by atoms with E-state index in [2.05, 4.69) is 29.0 Å². The Hall–Kier alpha value is -1.75. The van der Waals surface area contributed by atoms with Gasteiger partial charge in [-0.2, -0.15) is 0 Å². The summed E-state index contributed by atoms with van der Waals surface area (Å²) in [6, 6.07) is 10.2. The minimum atomic E-state index is 0.310. The third-order valence-corrected chi connectivity index (χ3v) is 5.87. The quantitative estimate of drug-likeness (QED) is 0.574. The van der Waals surface area contributed by atoms with Crippen LogP contribution < -0.4 is 10.1 Å². The minimum absolute atomic E-state index is 0.310. The number of likely N-dealkylation sites (tertiary alicyclic amines) is 2. The van der Waals surface area contributed by atoms with E-state index in [1.54, 1.807) is 0 Å². The Morgan fingerprint density at radius 1 is 1.04 bits per heavy atom. The molecule has 156 valence electrons. The van der Waals surface area contributed by atoms with Crippen molar-refractivity contribution >= 4 is 5.96 Å². The molecule has 2 saturated heterocycles. The predicted molar refractivity (Wildman–Crippen MR) is 117 cm³/mol. The Bertz CT molecular complexity index is 576. The molecule has 28 heavy (non-hydrogen) atoms. The smallest absolute Gasteiger partial charge is 0.193 e. The van der Waals surface area contributed by atoms with Gasteiger partial charge in [-0.3, -0.25) is 4.99 Å². The number of aliphatic imine (C=N–C) groups is 1. The Balaban J connectivity index is 1.45. The van der Waals surface area contributed by atoms with Crippen molar-refractivity contribution in [2.75, 3.05) is 45.8 Å². The summed E-state index contributed by atoms with van der Waals surface area (Å²) in [5.41, 5.74) is 0. The molecule has 2 heterocycles. The first-order chi connectivity index (χ1) is 13.8. The molecule has 2 aliphatic rings. The highest BCUT2D eigenvalue weighted by Crippen LogP contribution is 2.20. The molecule has 1 N–H and O–H groups in total. The fourth-order valence-corrected chi connectivity index (χ4v) is 4.23. The van der Waals surface area contributed by atoms with Gasteiger partial charge in [0, 0.05) is 39.0 Å². The number of nitrogens with one attached hydrogen (secondary N) is 1. The summed E-state index contributed by atoms with van der Waals surface area (Å²) in [6.45, 7) is 12.1. The molecule has 0 saturated carbocycles. The van der Waals surface area contributed by atoms with Crippen molar-refractivity contribution in [3.05, 3.63) is 30.3 Å². The number of ether oxygens (including phenoxy) is 1. The minimum Gasteiger partial charge on any atom is -0.490 e. The highest BCUT2D eigenvalue weighted by atomic mass is 16.5. The largest absolute Gasteiger partial charge is 0.490 e. The number of para-hydroxylation sites is 1. The van der Waals surface area contributed by atoms with Crippen LogP contribution in [0.2, 0.25) is 0 Å². The van der Waals surface area contributed by atoms with Crippen LogP contribution >= 0.6 is 0 Å². The third-order valence-electron chi connectivity index (χ3n) is 5.87. The van der Waals surface area contributed by atoms with Gasteiger partial charge in [0.05, 0.1) is 0 Å². The predicted octanol–water partition coefficient (Wildman–Crippen LogP) is 3.62. The van der Waals surface area contributed by atoms with Crippen molar-refractivity contribution in [2.45, 2.75) is 52.1 Å². The third kappa shape index (κ3) is 6.40. The van der Waals surface area contributed by atoms with Gasteiger partial charge in [0.25, 0.3) is 0 Å². The number of guanidine groups is 1. The monoisotopic (exact) mass is 386 g/mol. The molecule has 5 nitrogen and oxygen atoms in total. The molecule has 0 bridgehead atoms. The highest BCUT2D eigenvalue weighted by Gasteiger charge is 2.23. The second-order valence-electron chi connectivity index (χ2n) is 8.10. The van der Waals surface area contributed by atoms with Crippen LogP contribution in [0.15, 0.2) is 35.3 Å². The second kappa shape index (κ2) is 11.3. The zero-order valence-corrected chi connectivity index (χ0v) is 17.8. The van der Waals surface area contributed by atoms with Crippen LogP contribution in [0.25, 0.3) is 0 Å². The van der Waals surface area contributed by atoms with Gasteiger partial charge < -0.3 is 19.9 Å². The van der Waals surface area contributed by atoms with Gasteiger partial charge in [0.1, 0.15) is 11.9 Å². The SMILES string of the molecule is CCCN1CCC(CN=C(NCC)N2CCC(Oc3ccccc3)CC2)CC1. The average molecular weight is 387 g/mol. The van der Waals surface area contributed by atoms with Crippen LogP contribution in [-0.4, -0.2) is 67.7 Å². The summed E-state index contributed by atoms with van der Waals surface area (Å²) in [6.07, 6.45) is 6.25. The van der Waals surface area contributed by atoms with E-state index in [9.17, 15) is 0 Å². The van der Waals surface area contributed by atoms with Crippen LogP contribution in [0.4, 0.5) is 0 Å². The normalized spacial score (nSPS) is 20.4. The van der Waals surface area contributed by atoms with Crippen molar-refractivity contribution in [1.29, 1.82) is 0 Å². The molecule has 0 spiro atoms. The number of hydrogen-bond acceptors (Lipinski definition) is 3. The molecular formula is C23H38N4O. The number of benzene rings is 1. The van der Waals surface area contributed by atoms with Gasteiger partial charge in [0.15, 0.2) is 5.96 Å². The molecule has 0 radical (unpaired) electrons. The molecule has 3 rings (SSSR count). The maximum Gasteiger partial charge on any atom is 0.193 e. The molecule has 1 aromatic carbocycles. The zero-order chi connectivity index (χ0) is 19.6. The van der Waals surface area contributed by atoms with E-state index in [0.29, 0.717) is 6.10 Å². The van der Waals surface area contributed by atoms with Crippen LogP contribution in [0.3, 0.4) is 0 Å². The summed E-state index contributed by atoms with van der Waals surface area (Å²) in [4.78, 5) is 10.0. The molecule has 0 aliphatic carbocycles. The van der Waals surface area contributed by atoms with Gasteiger partial charge >= 0.3 is 0 Å². The maximum atomic E-state index is 6.14. The molecule has 0 atom stereocenters. The summed E-state index contributed by atoms with van der Waals surface area (Å²) in [5, 5.41) is 3.51. The van der Waals surface area contributed by atoms with Crippen molar-refractivity contribution in [1.82, 2.24) is 15.1 Å². The lowest BCUT2D eigenvalue weighted by Crippen LogP contribution is -2.47. The van der Waals surface area contributed by atoms with E-state index in [1.807, 2.05) is 30.3 Å². The average Bonchev–Trinajstić information content (AvgIpc) is 2.74. The number of nitrogens with zero attached hydrogens (tertiary/aromatic N) is 3. The van der Waals surface area contributed by atoms with Crippen LogP contribution in [0.1, 0.15) is 46.0 Å². The van der Waals surface area contributed by atoms with Crippen LogP contribution in [0, 0.1) is 5.92 Å². The lowest BCUT2D eigenvalue weighted by atomic mass is 9.97. The summed E-state index contributed by atoms with van der Waals surface area (Å²) >= 11 is 0. The van der Waals surface area contributed by atoms with Gasteiger partial charge in [-0.15, -0.1) is 0 Å². The summed E-state index contributed by atoms with van der Waals surface area (Å²) < 4.78 is 6.14. The first kappa shape index (κ1) is 21.0. The second-order valence-corrected chi connectivity index (χ2v) is 8.10. The van der Waals surface area contributed by atoms with E-state index in [-0.39, 0.29) is 0 Å². The molecule has 0 aromatic heterocycles. The van der Waals surface area contributed by atoms with Gasteiger partial charge in [-0.1, -0.05) is 25.1 Å². The lowest BCUT2D eigenvalue weighted by molar-refractivity contribution is 0.129. The Morgan fingerprint density at radius 3 is 2.39 bits per heavy atom. The molecule has 0 amide bonds. The van der Waals surface area contributed by atoms with Crippen LogP contribution in [0.5, 0.6) is 5.75 Å². The zero-order valence-electron chi connectivity index (χ0n) is 17.8. The number of rotatable bonds is 7. The lowest BCUT2D eigenvalue weighted by Gasteiger charge is -2.35. The molecule has 2 fully saturated rings. The van der Waals surface area contributed by atoms with Crippen molar-refractivity contribution in [3.8, 4) is 5.75 Å². The molecular weight excluding hydrogens is 348 g/mol. The Morgan fingerprint density at radius 2 is 1.75 bits per heavy atom. The van der Waals surface area contributed by atoms with Gasteiger partial charge in [-0.25, -0.2) is 0 Å². The number of hydrogen-bond donors (Lipinski definition) is 1.